The number of primary amides is 1. The summed E-state index contributed by atoms with van der Waals surface area (Å²) in [5.74, 6) is -0.234. The van der Waals surface area contributed by atoms with Crippen molar-refractivity contribution in [2.24, 2.45) is 5.73 Å². The summed E-state index contributed by atoms with van der Waals surface area (Å²) in [5, 5.41) is 0.365. The van der Waals surface area contributed by atoms with Crippen LogP contribution in [0.15, 0.2) is 42.5 Å². The molecule has 158 valence electrons. The lowest BCUT2D eigenvalue weighted by Gasteiger charge is -2.38. The Balaban J connectivity index is 1.37. The van der Waals surface area contributed by atoms with Gasteiger partial charge in [-0.15, -0.1) is 0 Å². The maximum Gasteiger partial charge on any atom is 0.261 e. The highest BCUT2D eigenvalue weighted by Crippen LogP contribution is 2.37. The lowest BCUT2D eigenvalue weighted by atomic mass is 9.99. The average molecular weight is 433 g/mol. The summed E-state index contributed by atoms with van der Waals surface area (Å²) >= 11 is 5.90. The maximum absolute atomic E-state index is 13.1. The van der Waals surface area contributed by atoms with Crippen molar-refractivity contribution in [2.75, 3.05) is 6.61 Å². The molecule has 2 saturated heterocycles. The molecule has 2 bridgehead atoms. The molecule has 0 saturated carbocycles. The largest absolute Gasteiger partial charge is 0.490 e. The number of amides is 2. The minimum atomic E-state index is -0.668. The molecule has 0 aliphatic carbocycles. The number of halogens is 2. The van der Waals surface area contributed by atoms with Crippen LogP contribution >= 0.6 is 11.6 Å². The number of nitrogens with zero attached hydrogens (tertiary/aromatic N) is 1. The van der Waals surface area contributed by atoms with Crippen LogP contribution in [-0.4, -0.2) is 41.5 Å². The van der Waals surface area contributed by atoms with Crippen molar-refractivity contribution in [3.63, 3.8) is 0 Å². The van der Waals surface area contributed by atoms with Crippen LogP contribution in [0.5, 0.6) is 11.5 Å². The summed E-state index contributed by atoms with van der Waals surface area (Å²) in [6.07, 6.45) is 3.23. The summed E-state index contributed by atoms with van der Waals surface area (Å²) < 4.78 is 24.7. The first-order chi connectivity index (χ1) is 14.4. The fraction of sp³-hybridized carbons (Fsp3) is 0.364. The van der Waals surface area contributed by atoms with E-state index in [0.717, 1.165) is 12.8 Å². The lowest BCUT2D eigenvalue weighted by Crippen LogP contribution is -2.50. The molecule has 2 aliphatic heterocycles. The molecule has 0 aromatic heterocycles. The van der Waals surface area contributed by atoms with Gasteiger partial charge in [-0.2, -0.15) is 0 Å². The Bertz CT molecular complexity index is 939. The van der Waals surface area contributed by atoms with Gasteiger partial charge in [-0.25, -0.2) is 4.39 Å². The van der Waals surface area contributed by atoms with Crippen LogP contribution < -0.4 is 15.2 Å². The first kappa shape index (κ1) is 20.5. The number of carbonyl (C=O) groups is 2. The van der Waals surface area contributed by atoms with E-state index in [9.17, 15) is 14.0 Å². The smallest absolute Gasteiger partial charge is 0.261 e. The Kier molecular flexibility index (Phi) is 5.81. The topological polar surface area (TPSA) is 81.9 Å². The molecule has 2 heterocycles. The second-order valence-electron chi connectivity index (χ2n) is 7.64. The molecule has 2 aliphatic rings. The van der Waals surface area contributed by atoms with Gasteiger partial charge < -0.3 is 20.1 Å². The molecule has 8 heteroatoms. The third-order valence-corrected chi connectivity index (χ3v) is 5.89. The third kappa shape index (κ3) is 4.36. The zero-order valence-electron chi connectivity index (χ0n) is 16.2. The van der Waals surface area contributed by atoms with Crippen LogP contribution in [0.4, 0.5) is 4.39 Å². The molecular formula is C22H22ClFN2O4. The minimum Gasteiger partial charge on any atom is -0.490 e. The van der Waals surface area contributed by atoms with Gasteiger partial charge in [0.15, 0.2) is 6.61 Å². The van der Waals surface area contributed by atoms with Crippen LogP contribution in [0.1, 0.15) is 36.0 Å². The van der Waals surface area contributed by atoms with E-state index in [2.05, 4.69) is 0 Å². The van der Waals surface area contributed by atoms with E-state index in [0.29, 0.717) is 23.6 Å². The molecule has 0 radical (unpaired) electrons. The number of hydrogen-bond acceptors (Lipinski definition) is 4. The molecule has 2 N–H and O–H groups in total. The number of piperidine rings is 1. The van der Waals surface area contributed by atoms with Gasteiger partial charge in [0.05, 0.1) is 5.56 Å². The SMILES string of the molecule is NC(=O)c1cc(Cl)ccc1OCC(=O)N1C2CCC1CC(Oc1ccc(F)cc1)C2. The molecule has 2 atom stereocenters. The molecule has 2 aromatic carbocycles. The molecule has 30 heavy (non-hydrogen) atoms. The van der Waals surface area contributed by atoms with E-state index in [1.54, 1.807) is 18.2 Å². The van der Waals surface area contributed by atoms with Gasteiger partial charge in [0.1, 0.15) is 23.4 Å². The van der Waals surface area contributed by atoms with Crippen LogP contribution in [0.2, 0.25) is 5.02 Å². The molecule has 2 unspecified atom stereocenters. The zero-order valence-corrected chi connectivity index (χ0v) is 17.0. The Morgan fingerprint density at radius 2 is 1.77 bits per heavy atom. The van der Waals surface area contributed by atoms with Crippen molar-refractivity contribution in [1.82, 2.24) is 4.90 Å². The number of benzene rings is 2. The highest BCUT2D eigenvalue weighted by Gasteiger charge is 2.44. The van der Waals surface area contributed by atoms with E-state index < -0.39 is 5.91 Å². The van der Waals surface area contributed by atoms with Crippen LogP contribution in [-0.2, 0) is 4.79 Å². The van der Waals surface area contributed by atoms with E-state index in [4.69, 9.17) is 26.8 Å². The van der Waals surface area contributed by atoms with Crippen molar-refractivity contribution >= 4 is 23.4 Å². The highest BCUT2D eigenvalue weighted by molar-refractivity contribution is 6.31. The number of hydrogen-bond donors (Lipinski definition) is 1. The first-order valence-electron chi connectivity index (χ1n) is 9.86. The van der Waals surface area contributed by atoms with Crippen LogP contribution in [0.25, 0.3) is 0 Å². The normalized spacial score (nSPS) is 22.6. The number of ether oxygens (including phenoxy) is 2. The summed E-state index contributed by atoms with van der Waals surface area (Å²) in [4.78, 5) is 26.3. The zero-order chi connectivity index (χ0) is 21.3. The van der Waals surface area contributed by atoms with Gasteiger partial charge in [0.2, 0.25) is 0 Å². The summed E-state index contributed by atoms with van der Waals surface area (Å²) in [7, 11) is 0. The quantitative estimate of drug-likeness (QED) is 0.756. The minimum absolute atomic E-state index is 0.0179. The predicted molar refractivity (Wildman–Crippen MR) is 109 cm³/mol. The third-order valence-electron chi connectivity index (χ3n) is 5.65. The number of nitrogens with two attached hydrogens (primary N) is 1. The Hall–Kier alpha value is -2.80. The maximum atomic E-state index is 13.1. The van der Waals surface area contributed by atoms with Crippen molar-refractivity contribution in [3.05, 3.63) is 58.9 Å². The lowest BCUT2D eigenvalue weighted by molar-refractivity contribution is -0.139. The summed E-state index contributed by atoms with van der Waals surface area (Å²) in [6.45, 7) is -0.182. The number of fused-ring (bicyclic) bond motifs is 2. The molecule has 6 nitrogen and oxygen atoms in total. The summed E-state index contributed by atoms with van der Waals surface area (Å²) in [5.41, 5.74) is 5.51. The molecule has 2 fully saturated rings. The Morgan fingerprint density at radius 3 is 2.40 bits per heavy atom. The molecule has 2 aromatic rings. The van der Waals surface area contributed by atoms with Gasteiger partial charge in [-0.3, -0.25) is 9.59 Å². The molecule has 0 spiro atoms. The first-order valence-corrected chi connectivity index (χ1v) is 10.2. The fourth-order valence-electron chi connectivity index (χ4n) is 4.37. The summed E-state index contributed by atoms with van der Waals surface area (Å²) in [6, 6.07) is 10.7. The van der Waals surface area contributed by atoms with Gasteiger partial charge >= 0.3 is 0 Å². The highest BCUT2D eigenvalue weighted by atomic mass is 35.5. The van der Waals surface area contributed by atoms with Gasteiger partial charge in [-0.1, -0.05) is 11.6 Å². The standard InChI is InChI=1S/C22H22ClFN2O4/c23-13-1-8-20(19(9-13)22(25)28)29-12-21(27)26-15-4-5-16(26)11-18(10-15)30-17-6-2-14(24)3-7-17/h1-3,6-9,15-16,18H,4-5,10-12H2,(H2,25,28). The number of carbonyl (C=O) groups excluding carboxylic acids is 2. The Morgan fingerprint density at radius 1 is 1.10 bits per heavy atom. The number of rotatable bonds is 6. The van der Waals surface area contributed by atoms with Gasteiger partial charge in [0, 0.05) is 29.9 Å². The Labute approximate surface area is 178 Å². The van der Waals surface area contributed by atoms with Crippen molar-refractivity contribution < 1.29 is 23.5 Å². The van der Waals surface area contributed by atoms with E-state index >= 15 is 0 Å². The van der Waals surface area contributed by atoms with Gasteiger partial charge in [0.25, 0.3) is 11.8 Å². The van der Waals surface area contributed by atoms with Crippen molar-refractivity contribution in [1.29, 1.82) is 0 Å². The van der Waals surface area contributed by atoms with E-state index in [-0.39, 0.29) is 47.8 Å². The predicted octanol–water partition coefficient (Wildman–Crippen LogP) is 3.56. The average Bonchev–Trinajstić information content (AvgIpc) is 2.99. The van der Waals surface area contributed by atoms with Crippen LogP contribution in [0.3, 0.4) is 0 Å². The van der Waals surface area contributed by atoms with E-state index in [1.165, 1.54) is 24.3 Å². The molecule has 4 rings (SSSR count). The van der Waals surface area contributed by atoms with Crippen molar-refractivity contribution in [3.8, 4) is 11.5 Å². The fourth-order valence-corrected chi connectivity index (χ4v) is 4.54. The molecular weight excluding hydrogens is 411 g/mol. The van der Waals surface area contributed by atoms with Gasteiger partial charge in [-0.05, 0) is 55.3 Å². The second kappa shape index (κ2) is 8.52. The van der Waals surface area contributed by atoms with Crippen LogP contribution in [0, 0.1) is 5.82 Å². The second-order valence-corrected chi connectivity index (χ2v) is 8.08. The van der Waals surface area contributed by atoms with E-state index in [1.807, 2.05) is 4.90 Å². The monoisotopic (exact) mass is 432 g/mol. The van der Waals surface area contributed by atoms with Crippen molar-refractivity contribution in [2.45, 2.75) is 43.9 Å². The molecule has 2 amide bonds.